The molecule has 28 heavy (non-hydrogen) atoms. The van der Waals surface area contributed by atoms with Crippen LogP contribution in [0.1, 0.15) is 55.3 Å². The van der Waals surface area contributed by atoms with Crippen LogP contribution < -0.4 is 0 Å². The number of amides is 1. The van der Waals surface area contributed by atoms with E-state index >= 15 is 0 Å². The first-order valence-corrected chi connectivity index (χ1v) is 11.2. The number of hydrogen-bond acceptors (Lipinski definition) is 4. The van der Waals surface area contributed by atoms with Crippen molar-refractivity contribution in [1.82, 2.24) is 4.90 Å². The number of fused-ring (bicyclic) bond motifs is 1. The van der Waals surface area contributed by atoms with Crippen LogP contribution in [0.2, 0.25) is 0 Å². The number of rotatable bonds is 3. The molecule has 148 valence electrons. The molecule has 3 heterocycles. The molecule has 5 nitrogen and oxygen atoms in total. The summed E-state index contributed by atoms with van der Waals surface area (Å²) in [5.74, 6) is -0.171. The highest BCUT2D eigenvalue weighted by Gasteiger charge is 2.44. The number of carbonyl (C=O) groups excluding carboxylic acids is 1. The fraction of sp³-hybridized carbons (Fsp3) is 0.545. The van der Waals surface area contributed by atoms with Crippen LogP contribution in [0.5, 0.6) is 0 Å². The molecule has 3 aliphatic rings. The molecule has 5 rings (SSSR count). The second-order valence-corrected chi connectivity index (χ2v) is 9.67. The average molecular weight is 399 g/mol. The number of ether oxygens (including phenoxy) is 1. The SMILES string of the molecule is O=C(N=C1SC2(CCCCC2)CN1C[C@@H]1CCCO1)c1ccc2occc2c1. The zero-order chi connectivity index (χ0) is 19.0. The van der Waals surface area contributed by atoms with E-state index in [-0.39, 0.29) is 16.8 Å². The van der Waals surface area contributed by atoms with Gasteiger partial charge in [0.25, 0.3) is 5.91 Å². The van der Waals surface area contributed by atoms with Gasteiger partial charge in [0.15, 0.2) is 5.17 Å². The van der Waals surface area contributed by atoms with Gasteiger partial charge in [-0.1, -0.05) is 31.0 Å². The first-order chi connectivity index (χ1) is 13.7. The summed E-state index contributed by atoms with van der Waals surface area (Å²) in [5, 5.41) is 1.82. The summed E-state index contributed by atoms with van der Waals surface area (Å²) in [6, 6.07) is 7.39. The minimum Gasteiger partial charge on any atom is -0.464 e. The van der Waals surface area contributed by atoms with Crippen molar-refractivity contribution in [3.63, 3.8) is 0 Å². The third kappa shape index (κ3) is 3.60. The van der Waals surface area contributed by atoms with E-state index in [1.165, 1.54) is 32.1 Å². The van der Waals surface area contributed by atoms with Gasteiger partial charge in [0, 0.05) is 35.4 Å². The zero-order valence-corrected chi connectivity index (χ0v) is 16.9. The van der Waals surface area contributed by atoms with Gasteiger partial charge in [0.05, 0.1) is 12.4 Å². The molecule has 0 bridgehead atoms. The van der Waals surface area contributed by atoms with E-state index in [0.717, 1.165) is 48.7 Å². The highest BCUT2D eigenvalue weighted by Crippen LogP contribution is 2.46. The zero-order valence-electron chi connectivity index (χ0n) is 16.1. The van der Waals surface area contributed by atoms with E-state index in [1.807, 2.05) is 30.0 Å². The quantitative estimate of drug-likeness (QED) is 0.739. The van der Waals surface area contributed by atoms with Crippen molar-refractivity contribution < 1.29 is 13.9 Å². The Morgan fingerprint density at radius 1 is 1.21 bits per heavy atom. The molecule has 0 N–H and O–H groups in total. The highest BCUT2D eigenvalue weighted by molar-refractivity contribution is 8.15. The summed E-state index contributed by atoms with van der Waals surface area (Å²) in [5.41, 5.74) is 1.41. The van der Waals surface area contributed by atoms with E-state index in [9.17, 15) is 4.79 Å². The molecule has 0 radical (unpaired) electrons. The van der Waals surface area contributed by atoms with Crippen molar-refractivity contribution in [3.8, 4) is 0 Å². The summed E-state index contributed by atoms with van der Waals surface area (Å²) in [4.78, 5) is 19.8. The maximum Gasteiger partial charge on any atom is 0.279 e. The van der Waals surface area contributed by atoms with Crippen molar-refractivity contribution in [2.24, 2.45) is 4.99 Å². The van der Waals surface area contributed by atoms with Crippen molar-refractivity contribution >= 4 is 33.8 Å². The summed E-state index contributed by atoms with van der Waals surface area (Å²) in [6.07, 6.45) is 10.5. The lowest BCUT2D eigenvalue weighted by Crippen LogP contribution is -2.38. The first kappa shape index (κ1) is 18.3. The van der Waals surface area contributed by atoms with E-state index < -0.39 is 0 Å². The first-order valence-electron chi connectivity index (χ1n) is 10.4. The Morgan fingerprint density at radius 3 is 2.93 bits per heavy atom. The largest absolute Gasteiger partial charge is 0.464 e. The Balaban J connectivity index is 1.40. The Morgan fingerprint density at radius 2 is 2.11 bits per heavy atom. The van der Waals surface area contributed by atoms with Gasteiger partial charge in [-0.05, 0) is 49.9 Å². The molecular weight excluding hydrogens is 372 g/mol. The molecule has 1 saturated carbocycles. The fourth-order valence-electron chi connectivity index (χ4n) is 4.68. The monoisotopic (exact) mass is 398 g/mol. The minimum absolute atomic E-state index is 0.171. The molecule has 3 fully saturated rings. The van der Waals surface area contributed by atoms with Gasteiger partial charge in [-0.15, -0.1) is 0 Å². The fourth-order valence-corrected chi connectivity index (χ4v) is 6.18. The summed E-state index contributed by atoms with van der Waals surface area (Å²) < 4.78 is 11.5. The maximum atomic E-state index is 12.9. The molecule has 1 aromatic carbocycles. The van der Waals surface area contributed by atoms with E-state index in [0.29, 0.717) is 5.56 Å². The number of benzene rings is 1. The van der Waals surface area contributed by atoms with Gasteiger partial charge in [-0.3, -0.25) is 4.79 Å². The highest BCUT2D eigenvalue weighted by atomic mass is 32.2. The molecule has 6 heteroatoms. The van der Waals surface area contributed by atoms with Crippen LogP contribution >= 0.6 is 11.8 Å². The number of aliphatic imine (C=N–C) groups is 1. The smallest absolute Gasteiger partial charge is 0.279 e. The van der Waals surface area contributed by atoms with Gasteiger partial charge in [-0.2, -0.15) is 4.99 Å². The Kier molecular flexibility index (Phi) is 4.93. The molecule has 2 aromatic rings. The van der Waals surface area contributed by atoms with Crippen molar-refractivity contribution in [2.75, 3.05) is 19.7 Å². The second-order valence-electron chi connectivity index (χ2n) is 8.23. The number of carbonyl (C=O) groups is 1. The van der Waals surface area contributed by atoms with Gasteiger partial charge in [0.2, 0.25) is 0 Å². The van der Waals surface area contributed by atoms with Gasteiger partial charge in [0.1, 0.15) is 5.58 Å². The number of thioether (sulfide) groups is 1. The average Bonchev–Trinajstić information content (AvgIpc) is 3.44. The summed E-state index contributed by atoms with van der Waals surface area (Å²) in [6.45, 7) is 2.69. The normalized spacial score (nSPS) is 25.9. The van der Waals surface area contributed by atoms with Crippen LogP contribution in [0, 0.1) is 0 Å². The topological polar surface area (TPSA) is 55.0 Å². The third-order valence-corrected chi connectivity index (χ3v) is 7.67. The standard InChI is InChI=1S/C22H26N2O3S/c25-20(17-6-7-19-16(13-17)8-12-27-19)23-21-24(14-18-5-4-11-26-18)15-22(28-21)9-2-1-3-10-22/h6-8,12-13,18H,1-5,9-11,14-15H2/t18-/m0/s1. The minimum atomic E-state index is -0.171. The van der Waals surface area contributed by atoms with E-state index in [4.69, 9.17) is 9.15 Å². The lowest BCUT2D eigenvalue weighted by atomic mass is 9.88. The van der Waals surface area contributed by atoms with E-state index in [1.54, 1.807) is 12.3 Å². The lowest BCUT2D eigenvalue weighted by Gasteiger charge is -2.31. The van der Waals surface area contributed by atoms with Gasteiger partial charge in [-0.25, -0.2) is 0 Å². The van der Waals surface area contributed by atoms with Crippen LogP contribution in [-0.2, 0) is 4.74 Å². The third-order valence-electron chi connectivity index (χ3n) is 6.17. The molecule has 1 aromatic heterocycles. The predicted octanol–water partition coefficient (Wildman–Crippen LogP) is 4.86. The van der Waals surface area contributed by atoms with E-state index in [2.05, 4.69) is 9.89 Å². The summed E-state index contributed by atoms with van der Waals surface area (Å²) in [7, 11) is 0. The van der Waals surface area contributed by atoms with Crippen molar-refractivity contribution in [3.05, 3.63) is 36.1 Å². The molecular formula is C22H26N2O3S. The number of nitrogens with zero attached hydrogens (tertiary/aromatic N) is 2. The number of furan rings is 1. The van der Waals surface area contributed by atoms with Crippen molar-refractivity contribution in [1.29, 1.82) is 0 Å². The molecule has 1 amide bonds. The number of amidine groups is 1. The predicted molar refractivity (Wildman–Crippen MR) is 112 cm³/mol. The Bertz CT molecular complexity index is 894. The van der Waals surface area contributed by atoms with Gasteiger partial charge < -0.3 is 14.1 Å². The molecule has 2 aliphatic heterocycles. The number of hydrogen-bond donors (Lipinski definition) is 0. The second kappa shape index (κ2) is 7.56. The molecule has 0 unspecified atom stereocenters. The lowest BCUT2D eigenvalue weighted by molar-refractivity contribution is 0.0894. The van der Waals surface area contributed by atoms with Crippen LogP contribution in [0.3, 0.4) is 0 Å². The Hall–Kier alpha value is -1.79. The van der Waals surface area contributed by atoms with Crippen LogP contribution in [0.15, 0.2) is 39.9 Å². The molecule has 1 aliphatic carbocycles. The summed E-state index contributed by atoms with van der Waals surface area (Å²) >= 11 is 1.83. The van der Waals surface area contributed by atoms with Gasteiger partial charge >= 0.3 is 0 Å². The molecule has 1 spiro atoms. The van der Waals surface area contributed by atoms with Crippen LogP contribution in [0.25, 0.3) is 11.0 Å². The van der Waals surface area contributed by atoms with Crippen LogP contribution in [0.4, 0.5) is 0 Å². The van der Waals surface area contributed by atoms with Crippen molar-refractivity contribution in [2.45, 2.75) is 55.8 Å². The maximum absolute atomic E-state index is 12.9. The molecule has 1 atom stereocenters. The van der Waals surface area contributed by atoms with Crippen LogP contribution in [-0.4, -0.2) is 46.5 Å². The molecule has 2 saturated heterocycles. The Labute approximate surface area is 169 Å².